The van der Waals surface area contributed by atoms with Crippen molar-refractivity contribution in [3.8, 4) is 0 Å². The van der Waals surface area contributed by atoms with E-state index in [4.69, 9.17) is 0 Å². The highest BCUT2D eigenvalue weighted by Gasteiger charge is 2.22. The Bertz CT molecular complexity index is 541. The molecule has 6 heteroatoms. The van der Waals surface area contributed by atoms with E-state index in [0.717, 1.165) is 0 Å². The van der Waals surface area contributed by atoms with Crippen molar-refractivity contribution in [1.82, 2.24) is 5.32 Å². The van der Waals surface area contributed by atoms with Gasteiger partial charge in [-0.15, -0.1) is 0 Å². The molecule has 0 spiro atoms. The van der Waals surface area contributed by atoms with Gasteiger partial charge in [0.05, 0.1) is 0 Å². The van der Waals surface area contributed by atoms with Crippen molar-refractivity contribution in [3.63, 3.8) is 0 Å². The smallest absolute Gasteiger partial charge is 0.247 e. The summed E-state index contributed by atoms with van der Waals surface area (Å²) >= 11 is 0. The zero-order chi connectivity index (χ0) is 16.0. The van der Waals surface area contributed by atoms with Crippen LogP contribution in [0.5, 0.6) is 0 Å². The fraction of sp³-hybridized carbons (Fsp3) is 0.400. The van der Waals surface area contributed by atoms with Crippen LogP contribution in [-0.2, 0) is 14.4 Å². The zero-order valence-electron chi connectivity index (χ0n) is 12.7. The number of nitrogens with one attached hydrogen (secondary N) is 3. The predicted molar refractivity (Wildman–Crippen MR) is 81.8 cm³/mol. The minimum atomic E-state index is -0.605. The van der Waals surface area contributed by atoms with Crippen LogP contribution in [0.2, 0.25) is 0 Å². The fourth-order valence-corrected chi connectivity index (χ4v) is 1.85. The van der Waals surface area contributed by atoms with Crippen LogP contribution >= 0.6 is 0 Å². The minimum absolute atomic E-state index is 0.0348. The van der Waals surface area contributed by atoms with E-state index in [2.05, 4.69) is 16.0 Å². The van der Waals surface area contributed by atoms with Crippen molar-refractivity contribution in [2.75, 3.05) is 10.6 Å². The molecule has 1 aromatic carbocycles. The van der Waals surface area contributed by atoms with Crippen LogP contribution in [0.25, 0.3) is 0 Å². The first-order chi connectivity index (χ1) is 9.79. The molecule has 0 fully saturated rings. The van der Waals surface area contributed by atoms with E-state index in [1.54, 1.807) is 24.3 Å². The lowest BCUT2D eigenvalue weighted by Crippen LogP contribution is -2.46. The van der Waals surface area contributed by atoms with Crippen LogP contribution in [0.3, 0.4) is 0 Å². The van der Waals surface area contributed by atoms with E-state index < -0.39 is 6.04 Å². The molecule has 6 nitrogen and oxygen atoms in total. The van der Waals surface area contributed by atoms with Gasteiger partial charge in [-0.25, -0.2) is 0 Å². The van der Waals surface area contributed by atoms with Crippen LogP contribution in [0.15, 0.2) is 24.3 Å². The molecule has 0 aromatic heterocycles. The second-order valence-corrected chi connectivity index (χ2v) is 5.17. The van der Waals surface area contributed by atoms with Crippen LogP contribution in [-0.4, -0.2) is 23.8 Å². The standard InChI is InChI=1S/C15H21N3O3/c1-9(2)14(17-11(4)20)15(21)18-13-7-5-6-12(8-13)16-10(3)19/h5-9,14H,1-4H3,(H,16,19)(H,17,20)(H,18,21). The number of rotatable bonds is 5. The van der Waals surface area contributed by atoms with Gasteiger partial charge in [0.15, 0.2) is 0 Å². The van der Waals surface area contributed by atoms with E-state index in [9.17, 15) is 14.4 Å². The SMILES string of the molecule is CC(=O)Nc1cccc(NC(=O)C(NC(C)=O)C(C)C)c1. The second-order valence-electron chi connectivity index (χ2n) is 5.17. The van der Waals surface area contributed by atoms with Crippen molar-refractivity contribution in [3.05, 3.63) is 24.3 Å². The van der Waals surface area contributed by atoms with E-state index in [-0.39, 0.29) is 23.6 Å². The molecule has 1 atom stereocenters. The zero-order valence-corrected chi connectivity index (χ0v) is 12.7. The quantitative estimate of drug-likeness (QED) is 0.772. The first-order valence-corrected chi connectivity index (χ1v) is 6.75. The molecule has 0 aliphatic carbocycles. The molecule has 0 heterocycles. The van der Waals surface area contributed by atoms with Gasteiger partial charge in [0.1, 0.15) is 6.04 Å². The molecule has 1 unspecified atom stereocenters. The summed E-state index contributed by atoms with van der Waals surface area (Å²) < 4.78 is 0. The Morgan fingerprint density at radius 2 is 1.52 bits per heavy atom. The first kappa shape index (κ1) is 16.7. The minimum Gasteiger partial charge on any atom is -0.344 e. The monoisotopic (exact) mass is 291 g/mol. The van der Waals surface area contributed by atoms with Crippen LogP contribution < -0.4 is 16.0 Å². The molecule has 0 saturated heterocycles. The molecule has 1 aromatic rings. The molecule has 0 aliphatic rings. The summed E-state index contributed by atoms with van der Waals surface area (Å²) in [7, 11) is 0. The number of hydrogen-bond donors (Lipinski definition) is 3. The van der Waals surface area contributed by atoms with Gasteiger partial charge in [0.2, 0.25) is 17.7 Å². The number of amides is 3. The Morgan fingerprint density at radius 3 is 2.00 bits per heavy atom. The Kier molecular flexibility index (Phi) is 5.90. The van der Waals surface area contributed by atoms with Gasteiger partial charge in [0.25, 0.3) is 0 Å². The number of carbonyl (C=O) groups excluding carboxylic acids is 3. The summed E-state index contributed by atoms with van der Waals surface area (Å²) in [5.41, 5.74) is 1.16. The van der Waals surface area contributed by atoms with Gasteiger partial charge in [-0.05, 0) is 24.1 Å². The topological polar surface area (TPSA) is 87.3 Å². The molecular formula is C15H21N3O3. The van der Waals surface area contributed by atoms with Crippen LogP contribution in [0, 0.1) is 5.92 Å². The summed E-state index contributed by atoms with van der Waals surface area (Å²) in [6, 6.07) is 6.22. The van der Waals surface area contributed by atoms with Crippen molar-refractivity contribution >= 4 is 29.1 Å². The molecule has 114 valence electrons. The Labute approximate surface area is 124 Å². The third-order valence-corrected chi connectivity index (χ3v) is 2.76. The number of hydrogen-bond acceptors (Lipinski definition) is 3. The first-order valence-electron chi connectivity index (χ1n) is 6.75. The Balaban J connectivity index is 2.81. The van der Waals surface area contributed by atoms with Crippen molar-refractivity contribution in [2.45, 2.75) is 33.7 Å². The Morgan fingerprint density at radius 1 is 0.952 bits per heavy atom. The Hall–Kier alpha value is -2.37. The molecule has 0 radical (unpaired) electrons. The average molecular weight is 291 g/mol. The maximum atomic E-state index is 12.2. The number of anilines is 2. The molecule has 0 aliphatic heterocycles. The highest BCUT2D eigenvalue weighted by atomic mass is 16.2. The van der Waals surface area contributed by atoms with Crippen LogP contribution in [0.1, 0.15) is 27.7 Å². The summed E-state index contributed by atoms with van der Waals surface area (Å²) in [6.45, 7) is 6.50. The maximum absolute atomic E-state index is 12.2. The van der Waals surface area contributed by atoms with Gasteiger partial charge in [0, 0.05) is 25.2 Å². The normalized spacial score (nSPS) is 11.7. The lowest BCUT2D eigenvalue weighted by Gasteiger charge is -2.21. The number of carbonyl (C=O) groups is 3. The second kappa shape index (κ2) is 7.42. The van der Waals surface area contributed by atoms with Gasteiger partial charge in [-0.1, -0.05) is 19.9 Å². The molecule has 3 amide bonds. The fourth-order valence-electron chi connectivity index (χ4n) is 1.85. The lowest BCUT2D eigenvalue weighted by molar-refractivity contribution is -0.126. The summed E-state index contributed by atoms with van der Waals surface area (Å²) in [4.78, 5) is 34.4. The largest absolute Gasteiger partial charge is 0.344 e. The summed E-state index contributed by atoms with van der Waals surface area (Å²) in [6.07, 6.45) is 0. The predicted octanol–water partition coefficient (Wildman–Crippen LogP) is 1.74. The van der Waals surface area contributed by atoms with Crippen molar-refractivity contribution < 1.29 is 14.4 Å². The van der Waals surface area contributed by atoms with Crippen molar-refractivity contribution in [1.29, 1.82) is 0 Å². The third kappa shape index (κ3) is 5.64. The van der Waals surface area contributed by atoms with Gasteiger partial charge in [-0.3, -0.25) is 14.4 Å². The molecule has 21 heavy (non-hydrogen) atoms. The summed E-state index contributed by atoms with van der Waals surface area (Å²) in [5, 5.41) is 8.01. The van der Waals surface area contributed by atoms with Gasteiger partial charge in [-0.2, -0.15) is 0 Å². The van der Waals surface area contributed by atoms with Crippen LogP contribution in [0.4, 0.5) is 11.4 Å². The molecule has 0 bridgehead atoms. The highest BCUT2D eigenvalue weighted by Crippen LogP contribution is 2.16. The van der Waals surface area contributed by atoms with Gasteiger partial charge < -0.3 is 16.0 Å². The molecule has 3 N–H and O–H groups in total. The van der Waals surface area contributed by atoms with E-state index in [0.29, 0.717) is 11.4 Å². The highest BCUT2D eigenvalue weighted by molar-refractivity contribution is 5.98. The van der Waals surface area contributed by atoms with E-state index in [1.165, 1.54) is 13.8 Å². The third-order valence-electron chi connectivity index (χ3n) is 2.76. The summed E-state index contributed by atoms with van der Waals surface area (Å²) in [5.74, 6) is -0.764. The maximum Gasteiger partial charge on any atom is 0.247 e. The lowest BCUT2D eigenvalue weighted by atomic mass is 10.0. The molecule has 1 rings (SSSR count). The van der Waals surface area contributed by atoms with Gasteiger partial charge >= 0.3 is 0 Å². The molecular weight excluding hydrogens is 270 g/mol. The number of benzene rings is 1. The average Bonchev–Trinajstić information content (AvgIpc) is 2.34. The van der Waals surface area contributed by atoms with Crippen molar-refractivity contribution in [2.24, 2.45) is 5.92 Å². The van der Waals surface area contributed by atoms with E-state index >= 15 is 0 Å². The van der Waals surface area contributed by atoms with E-state index in [1.807, 2.05) is 13.8 Å². The molecule has 0 saturated carbocycles.